The zero-order chi connectivity index (χ0) is 16.1. The average Bonchev–Trinajstić information content (AvgIpc) is 2.57. The van der Waals surface area contributed by atoms with Crippen molar-refractivity contribution < 1.29 is 4.74 Å². The predicted octanol–water partition coefficient (Wildman–Crippen LogP) is 6.34. The van der Waals surface area contributed by atoms with E-state index >= 15 is 0 Å². The molecule has 0 radical (unpaired) electrons. The predicted molar refractivity (Wildman–Crippen MR) is 96.9 cm³/mol. The molecule has 0 atom stereocenters. The van der Waals surface area contributed by atoms with Crippen molar-refractivity contribution in [1.82, 2.24) is 0 Å². The lowest BCUT2D eigenvalue weighted by Gasteiger charge is -2.09. The molecule has 0 saturated carbocycles. The van der Waals surface area contributed by atoms with Crippen LogP contribution in [0.5, 0.6) is 11.5 Å². The van der Waals surface area contributed by atoms with Crippen molar-refractivity contribution in [2.45, 2.75) is 20.3 Å². The minimum Gasteiger partial charge on any atom is -0.457 e. The third kappa shape index (κ3) is 4.23. The SMILES string of the molecule is CC(C)Cc1ccc(Oc2cccc(-c3ccccc3)c2)cc1. The Balaban J connectivity index is 1.75. The van der Waals surface area contributed by atoms with Crippen molar-refractivity contribution in [3.8, 4) is 22.6 Å². The molecule has 0 aliphatic heterocycles. The smallest absolute Gasteiger partial charge is 0.128 e. The Morgan fingerprint density at radius 2 is 1.39 bits per heavy atom. The van der Waals surface area contributed by atoms with Crippen LogP contribution in [0.4, 0.5) is 0 Å². The fourth-order valence-electron chi connectivity index (χ4n) is 2.67. The summed E-state index contributed by atoms with van der Waals surface area (Å²) in [7, 11) is 0. The summed E-state index contributed by atoms with van der Waals surface area (Å²) in [5, 5.41) is 0. The van der Waals surface area contributed by atoms with Crippen molar-refractivity contribution in [2.24, 2.45) is 5.92 Å². The van der Waals surface area contributed by atoms with Gasteiger partial charge in [0, 0.05) is 0 Å². The average molecular weight is 302 g/mol. The maximum atomic E-state index is 6.00. The Labute approximate surface area is 138 Å². The van der Waals surface area contributed by atoms with Crippen LogP contribution in [0.15, 0.2) is 78.9 Å². The summed E-state index contributed by atoms with van der Waals surface area (Å²) >= 11 is 0. The number of ether oxygens (including phenoxy) is 1. The second-order valence-electron chi connectivity index (χ2n) is 6.24. The van der Waals surface area contributed by atoms with Crippen LogP contribution in [0.2, 0.25) is 0 Å². The first-order valence-corrected chi connectivity index (χ1v) is 8.13. The summed E-state index contributed by atoms with van der Waals surface area (Å²) in [5.41, 5.74) is 3.72. The molecule has 0 saturated heterocycles. The van der Waals surface area contributed by atoms with Crippen LogP contribution < -0.4 is 4.74 Å². The summed E-state index contributed by atoms with van der Waals surface area (Å²) in [6.07, 6.45) is 1.10. The van der Waals surface area contributed by atoms with E-state index in [1.807, 2.05) is 30.3 Å². The van der Waals surface area contributed by atoms with Gasteiger partial charge in [-0.25, -0.2) is 0 Å². The van der Waals surface area contributed by atoms with Gasteiger partial charge in [-0.2, -0.15) is 0 Å². The van der Waals surface area contributed by atoms with Crippen LogP contribution >= 0.6 is 0 Å². The van der Waals surface area contributed by atoms with Gasteiger partial charge in [-0.05, 0) is 53.3 Å². The second-order valence-corrected chi connectivity index (χ2v) is 6.24. The Hall–Kier alpha value is -2.54. The van der Waals surface area contributed by atoms with Gasteiger partial charge in [0.05, 0.1) is 0 Å². The second kappa shape index (κ2) is 7.15. The van der Waals surface area contributed by atoms with E-state index in [-0.39, 0.29) is 0 Å². The molecule has 116 valence electrons. The van der Waals surface area contributed by atoms with Gasteiger partial charge in [0.1, 0.15) is 11.5 Å². The number of hydrogen-bond donors (Lipinski definition) is 0. The van der Waals surface area contributed by atoms with Crippen LogP contribution in [0, 0.1) is 5.92 Å². The Kier molecular flexibility index (Phi) is 4.77. The summed E-state index contributed by atoms with van der Waals surface area (Å²) in [6.45, 7) is 4.47. The minimum atomic E-state index is 0.671. The van der Waals surface area contributed by atoms with Crippen LogP contribution in [0.25, 0.3) is 11.1 Å². The maximum absolute atomic E-state index is 6.00. The first kappa shape index (κ1) is 15.4. The van der Waals surface area contributed by atoms with Gasteiger partial charge in [0.2, 0.25) is 0 Å². The minimum absolute atomic E-state index is 0.671. The molecular formula is C22H22O. The van der Waals surface area contributed by atoms with Crippen LogP contribution in [0.1, 0.15) is 19.4 Å². The first-order valence-electron chi connectivity index (χ1n) is 8.13. The zero-order valence-electron chi connectivity index (χ0n) is 13.7. The highest BCUT2D eigenvalue weighted by molar-refractivity contribution is 5.65. The molecule has 1 nitrogen and oxygen atoms in total. The molecule has 0 bridgehead atoms. The van der Waals surface area contributed by atoms with E-state index in [1.165, 1.54) is 16.7 Å². The van der Waals surface area contributed by atoms with Gasteiger partial charge < -0.3 is 4.74 Å². The number of benzene rings is 3. The van der Waals surface area contributed by atoms with E-state index in [9.17, 15) is 0 Å². The molecule has 1 heteroatoms. The molecule has 0 heterocycles. The number of rotatable bonds is 5. The summed E-state index contributed by atoms with van der Waals surface area (Å²) in [6, 6.07) is 27.0. The molecule has 23 heavy (non-hydrogen) atoms. The van der Waals surface area contributed by atoms with Gasteiger partial charge >= 0.3 is 0 Å². The third-order valence-corrected chi connectivity index (χ3v) is 3.74. The van der Waals surface area contributed by atoms with E-state index in [1.54, 1.807) is 0 Å². The zero-order valence-corrected chi connectivity index (χ0v) is 13.7. The Morgan fingerprint density at radius 3 is 2.09 bits per heavy atom. The van der Waals surface area contributed by atoms with Crippen LogP contribution in [-0.4, -0.2) is 0 Å². The lowest BCUT2D eigenvalue weighted by molar-refractivity contribution is 0.482. The fourth-order valence-corrected chi connectivity index (χ4v) is 2.67. The molecule has 0 aliphatic rings. The van der Waals surface area contributed by atoms with Crippen LogP contribution in [-0.2, 0) is 6.42 Å². The summed E-state index contributed by atoms with van der Waals surface area (Å²) in [4.78, 5) is 0. The van der Waals surface area contributed by atoms with Crippen molar-refractivity contribution in [1.29, 1.82) is 0 Å². The quantitative estimate of drug-likeness (QED) is 0.534. The first-order chi connectivity index (χ1) is 11.2. The molecular weight excluding hydrogens is 280 g/mol. The Morgan fingerprint density at radius 1 is 0.696 bits per heavy atom. The van der Waals surface area contributed by atoms with Crippen LogP contribution in [0.3, 0.4) is 0 Å². The molecule has 0 N–H and O–H groups in total. The monoisotopic (exact) mass is 302 g/mol. The van der Waals surface area contributed by atoms with E-state index in [4.69, 9.17) is 4.74 Å². The van der Waals surface area contributed by atoms with E-state index in [2.05, 4.69) is 62.4 Å². The van der Waals surface area contributed by atoms with Crippen molar-refractivity contribution >= 4 is 0 Å². The lowest BCUT2D eigenvalue weighted by atomic mass is 10.0. The Bertz CT molecular complexity index is 742. The third-order valence-electron chi connectivity index (χ3n) is 3.74. The molecule has 0 fully saturated rings. The molecule has 3 rings (SSSR count). The highest BCUT2D eigenvalue weighted by atomic mass is 16.5. The van der Waals surface area contributed by atoms with E-state index < -0.39 is 0 Å². The molecule has 0 aliphatic carbocycles. The van der Waals surface area contributed by atoms with Gasteiger partial charge in [-0.1, -0.05) is 68.4 Å². The van der Waals surface area contributed by atoms with Gasteiger partial charge in [-0.3, -0.25) is 0 Å². The molecule has 3 aromatic rings. The van der Waals surface area contributed by atoms with Crippen molar-refractivity contribution in [2.75, 3.05) is 0 Å². The van der Waals surface area contributed by atoms with Gasteiger partial charge in [0.15, 0.2) is 0 Å². The molecule has 0 spiro atoms. The maximum Gasteiger partial charge on any atom is 0.128 e. The standard InChI is InChI=1S/C22H22O/c1-17(2)15-18-11-13-21(14-12-18)23-22-10-6-9-20(16-22)19-7-4-3-5-8-19/h3-14,16-17H,15H2,1-2H3. The molecule has 3 aromatic carbocycles. The van der Waals surface area contributed by atoms with Gasteiger partial charge in [-0.15, -0.1) is 0 Å². The summed E-state index contributed by atoms with van der Waals surface area (Å²) < 4.78 is 6.00. The highest BCUT2D eigenvalue weighted by Gasteiger charge is 2.02. The molecule has 0 aromatic heterocycles. The normalized spacial score (nSPS) is 10.7. The molecule has 0 unspecified atom stereocenters. The largest absolute Gasteiger partial charge is 0.457 e. The topological polar surface area (TPSA) is 9.23 Å². The van der Waals surface area contributed by atoms with Crippen molar-refractivity contribution in [3.63, 3.8) is 0 Å². The number of hydrogen-bond acceptors (Lipinski definition) is 1. The summed E-state index contributed by atoms with van der Waals surface area (Å²) in [5.74, 6) is 2.41. The molecule has 0 amide bonds. The van der Waals surface area contributed by atoms with Crippen molar-refractivity contribution in [3.05, 3.63) is 84.4 Å². The lowest BCUT2D eigenvalue weighted by Crippen LogP contribution is -1.93. The fraction of sp³-hybridized carbons (Fsp3) is 0.182. The highest BCUT2D eigenvalue weighted by Crippen LogP contribution is 2.27. The van der Waals surface area contributed by atoms with E-state index in [0.29, 0.717) is 5.92 Å². The van der Waals surface area contributed by atoms with E-state index in [0.717, 1.165) is 17.9 Å². The van der Waals surface area contributed by atoms with Gasteiger partial charge in [0.25, 0.3) is 0 Å².